The van der Waals surface area contributed by atoms with E-state index in [2.05, 4.69) is 11.1 Å². The van der Waals surface area contributed by atoms with Crippen LogP contribution in [0.5, 0.6) is 0 Å². The van der Waals surface area contributed by atoms with Crippen molar-refractivity contribution in [2.75, 3.05) is 0 Å². The fourth-order valence-electron chi connectivity index (χ4n) is 2.51. The van der Waals surface area contributed by atoms with Crippen LogP contribution in [0.2, 0.25) is 0 Å². The second-order valence-corrected chi connectivity index (χ2v) is 4.43. The lowest BCUT2D eigenvalue weighted by atomic mass is 9.95. The summed E-state index contributed by atoms with van der Waals surface area (Å²) in [5.74, 6) is 0. The van der Waals surface area contributed by atoms with Gasteiger partial charge in [-0.3, -0.25) is 4.98 Å². The van der Waals surface area contributed by atoms with Crippen LogP contribution in [-0.2, 0) is 6.42 Å². The number of pyridine rings is 1. The topological polar surface area (TPSA) is 56.9 Å². The van der Waals surface area contributed by atoms with Gasteiger partial charge in [-0.2, -0.15) is 5.26 Å². The third kappa shape index (κ3) is 1.70. The Morgan fingerprint density at radius 3 is 2.81 bits per heavy atom. The molecule has 3 nitrogen and oxygen atoms in total. The van der Waals surface area contributed by atoms with Gasteiger partial charge in [-0.1, -0.05) is 6.42 Å². The predicted octanol–water partition coefficient (Wildman–Crippen LogP) is 2.33. The minimum absolute atomic E-state index is 0.447. The number of nitriles is 1. The molecule has 1 aliphatic rings. The van der Waals surface area contributed by atoms with Gasteiger partial charge in [0.05, 0.1) is 17.4 Å². The van der Waals surface area contributed by atoms with Crippen molar-refractivity contribution in [3.63, 3.8) is 0 Å². The van der Waals surface area contributed by atoms with E-state index in [-0.39, 0.29) is 0 Å². The first-order chi connectivity index (χ1) is 7.65. The van der Waals surface area contributed by atoms with Gasteiger partial charge in [0.2, 0.25) is 0 Å². The zero-order valence-corrected chi connectivity index (χ0v) is 9.75. The number of nitrogens with zero attached hydrogens (tertiary/aromatic N) is 2. The molecule has 1 N–H and O–H groups in total. The standard InChI is InChI=1S/C13H16N2O/c1-8-10(7-14)9(2)15-11-5-3-4-6-12(16)13(8)11/h12,16H,3-6H2,1-2H3. The summed E-state index contributed by atoms with van der Waals surface area (Å²) in [4.78, 5) is 4.47. The zero-order valence-electron chi connectivity index (χ0n) is 9.75. The summed E-state index contributed by atoms with van der Waals surface area (Å²) in [5.41, 5.74) is 4.21. The van der Waals surface area contributed by atoms with Crippen molar-refractivity contribution in [3.8, 4) is 6.07 Å². The Hall–Kier alpha value is -1.40. The minimum Gasteiger partial charge on any atom is -0.388 e. The summed E-state index contributed by atoms with van der Waals surface area (Å²) in [6, 6.07) is 2.18. The Balaban J connectivity index is 2.66. The van der Waals surface area contributed by atoms with E-state index >= 15 is 0 Å². The third-order valence-corrected chi connectivity index (χ3v) is 3.34. The molecule has 0 aromatic carbocycles. The Labute approximate surface area is 95.8 Å². The average Bonchev–Trinajstić information content (AvgIpc) is 2.41. The monoisotopic (exact) mass is 216 g/mol. The van der Waals surface area contributed by atoms with Gasteiger partial charge in [-0.25, -0.2) is 0 Å². The summed E-state index contributed by atoms with van der Waals surface area (Å²) >= 11 is 0. The molecule has 1 unspecified atom stereocenters. The van der Waals surface area contributed by atoms with Crippen LogP contribution in [0, 0.1) is 25.2 Å². The van der Waals surface area contributed by atoms with Crippen molar-refractivity contribution < 1.29 is 5.11 Å². The summed E-state index contributed by atoms with van der Waals surface area (Å²) in [7, 11) is 0. The van der Waals surface area contributed by atoms with Gasteiger partial charge >= 0.3 is 0 Å². The number of aryl methyl sites for hydroxylation is 2. The zero-order chi connectivity index (χ0) is 11.7. The number of rotatable bonds is 0. The first kappa shape index (κ1) is 11.1. The lowest BCUT2D eigenvalue weighted by molar-refractivity contribution is 0.165. The summed E-state index contributed by atoms with van der Waals surface area (Å²) in [5, 5.41) is 19.2. The van der Waals surface area contributed by atoms with E-state index in [9.17, 15) is 5.11 Å². The van der Waals surface area contributed by atoms with E-state index in [1.807, 2.05) is 13.8 Å². The first-order valence-electron chi connectivity index (χ1n) is 5.73. The highest BCUT2D eigenvalue weighted by atomic mass is 16.3. The largest absolute Gasteiger partial charge is 0.388 e. The predicted molar refractivity (Wildman–Crippen MR) is 60.9 cm³/mol. The minimum atomic E-state index is -0.447. The van der Waals surface area contributed by atoms with Crippen LogP contribution in [0.1, 0.15) is 53.4 Å². The highest BCUT2D eigenvalue weighted by molar-refractivity contribution is 5.47. The molecule has 0 saturated heterocycles. The van der Waals surface area contributed by atoms with E-state index in [1.165, 1.54) is 0 Å². The normalized spacial score (nSPS) is 19.8. The Morgan fingerprint density at radius 1 is 1.38 bits per heavy atom. The third-order valence-electron chi connectivity index (χ3n) is 3.34. The van der Waals surface area contributed by atoms with Crippen LogP contribution >= 0.6 is 0 Å². The van der Waals surface area contributed by atoms with Crippen molar-refractivity contribution in [1.29, 1.82) is 5.26 Å². The maximum Gasteiger partial charge on any atom is 0.101 e. The van der Waals surface area contributed by atoms with Gasteiger partial charge in [-0.15, -0.1) is 0 Å². The lowest BCUT2D eigenvalue weighted by Gasteiger charge is -2.16. The summed E-state index contributed by atoms with van der Waals surface area (Å²) in [6.45, 7) is 3.78. The van der Waals surface area contributed by atoms with E-state index in [0.29, 0.717) is 5.56 Å². The van der Waals surface area contributed by atoms with Crippen LogP contribution in [0.25, 0.3) is 0 Å². The molecule has 2 rings (SSSR count). The van der Waals surface area contributed by atoms with Crippen LogP contribution < -0.4 is 0 Å². The molecule has 0 aliphatic heterocycles. The van der Waals surface area contributed by atoms with Gasteiger partial charge in [0.15, 0.2) is 0 Å². The first-order valence-corrected chi connectivity index (χ1v) is 5.73. The maximum atomic E-state index is 10.1. The molecule has 16 heavy (non-hydrogen) atoms. The van der Waals surface area contributed by atoms with E-state index < -0.39 is 6.10 Å². The molecule has 0 amide bonds. The highest BCUT2D eigenvalue weighted by Crippen LogP contribution is 2.32. The van der Waals surface area contributed by atoms with Crippen molar-refractivity contribution >= 4 is 0 Å². The number of hydrogen-bond donors (Lipinski definition) is 1. The summed E-state index contributed by atoms with van der Waals surface area (Å²) < 4.78 is 0. The van der Waals surface area contributed by atoms with Crippen molar-refractivity contribution in [1.82, 2.24) is 4.98 Å². The van der Waals surface area contributed by atoms with Crippen molar-refractivity contribution in [2.24, 2.45) is 0 Å². The molecule has 0 saturated carbocycles. The van der Waals surface area contributed by atoms with Crippen LogP contribution in [0.3, 0.4) is 0 Å². The number of aromatic nitrogens is 1. The van der Waals surface area contributed by atoms with E-state index in [4.69, 9.17) is 5.26 Å². The average molecular weight is 216 g/mol. The second kappa shape index (κ2) is 4.23. The van der Waals surface area contributed by atoms with Gasteiger partial charge < -0.3 is 5.11 Å². The van der Waals surface area contributed by atoms with Crippen LogP contribution in [0.4, 0.5) is 0 Å². The molecule has 84 valence electrons. The van der Waals surface area contributed by atoms with Gasteiger partial charge in [0.25, 0.3) is 0 Å². The molecule has 1 aromatic heterocycles. The Kier molecular flexibility index (Phi) is 2.93. The molecule has 0 radical (unpaired) electrons. The maximum absolute atomic E-state index is 10.1. The molecule has 1 aromatic rings. The molecule has 0 fully saturated rings. The number of hydrogen-bond acceptors (Lipinski definition) is 3. The van der Waals surface area contributed by atoms with Crippen molar-refractivity contribution in [2.45, 2.75) is 45.6 Å². The van der Waals surface area contributed by atoms with Crippen molar-refractivity contribution in [3.05, 3.63) is 28.1 Å². The molecule has 1 atom stereocenters. The molecule has 0 spiro atoms. The highest BCUT2D eigenvalue weighted by Gasteiger charge is 2.22. The number of aliphatic hydroxyl groups is 1. The van der Waals surface area contributed by atoms with E-state index in [1.54, 1.807) is 0 Å². The van der Waals surface area contributed by atoms with Gasteiger partial charge in [0, 0.05) is 11.3 Å². The second-order valence-electron chi connectivity index (χ2n) is 4.43. The summed E-state index contributed by atoms with van der Waals surface area (Å²) in [6.07, 6.45) is 3.35. The smallest absolute Gasteiger partial charge is 0.101 e. The fourth-order valence-corrected chi connectivity index (χ4v) is 2.51. The molecular weight excluding hydrogens is 200 g/mol. The SMILES string of the molecule is Cc1nc2c(c(C)c1C#N)C(O)CCCC2. The molecule has 0 bridgehead atoms. The lowest BCUT2D eigenvalue weighted by Crippen LogP contribution is -2.08. The Bertz CT molecular complexity index is 460. The van der Waals surface area contributed by atoms with Gasteiger partial charge in [-0.05, 0) is 38.7 Å². The molecular formula is C13H16N2O. The fraction of sp³-hybridized carbons (Fsp3) is 0.538. The Morgan fingerprint density at radius 2 is 2.12 bits per heavy atom. The van der Waals surface area contributed by atoms with E-state index in [0.717, 1.165) is 48.2 Å². The quantitative estimate of drug-likeness (QED) is 0.677. The number of fused-ring (bicyclic) bond motifs is 1. The van der Waals surface area contributed by atoms with Crippen LogP contribution in [-0.4, -0.2) is 10.1 Å². The van der Waals surface area contributed by atoms with Gasteiger partial charge in [0.1, 0.15) is 6.07 Å². The molecule has 3 heteroatoms. The van der Waals surface area contributed by atoms with Crippen LogP contribution in [0.15, 0.2) is 0 Å². The molecule has 1 aliphatic carbocycles. The molecule has 1 heterocycles. The number of aliphatic hydroxyl groups excluding tert-OH is 1.